The fraction of sp³-hybridized carbons (Fsp3) is 0.182. The van der Waals surface area contributed by atoms with E-state index in [2.05, 4.69) is 5.10 Å². The first kappa shape index (κ1) is 14.7. The van der Waals surface area contributed by atoms with Crippen molar-refractivity contribution in [1.82, 2.24) is 9.78 Å². The van der Waals surface area contributed by atoms with E-state index in [1.54, 1.807) is 31.2 Å². The largest absolute Gasteiger partial charge is 0.266 e. The number of hydrogen-bond acceptors (Lipinski definition) is 3. The molecule has 8 heteroatoms. The third-order valence-corrected chi connectivity index (χ3v) is 4.68. The van der Waals surface area contributed by atoms with E-state index >= 15 is 0 Å². The topological polar surface area (TPSA) is 52.0 Å². The van der Waals surface area contributed by atoms with Gasteiger partial charge in [0, 0.05) is 10.7 Å². The maximum Gasteiger partial charge on any atom is 0.266 e. The van der Waals surface area contributed by atoms with Crippen LogP contribution in [0, 0.1) is 0 Å². The summed E-state index contributed by atoms with van der Waals surface area (Å²) in [7, 11) is 1.43. The molecule has 1 aromatic heterocycles. The van der Waals surface area contributed by atoms with Gasteiger partial charge in [0.25, 0.3) is 9.05 Å². The molecule has 0 aliphatic heterocycles. The van der Waals surface area contributed by atoms with Crippen molar-refractivity contribution in [2.45, 2.75) is 18.2 Å². The maximum absolute atomic E-state index is 11.6. The molecule has 0 unspecified atom stereocenters. The van der Waals surface area contributed by atoms with E-state index in [4.69, 9.17) is 33.9 Å². The van der Waals surface area contributed by atoms with Gasteiger partial charge in [-0.3, -0.25) is 0 Å². The average molecular weight is 340 g/mol. The molecule has 0 radical (unpaired) electrons. The van der Waals surface area contributed by atoms with Gasteiger partial charge < -0.3 is 0 Å². The average Bonchev–Trinajstić information content (AvgIpc) is 2.66. The van der Waals surface area contributed by atoms with Crippen molar-refractivity contribution < 1.29 is 8.42 Å². The lowest BCUT2D eigenvalue weighted by atomic mass is 10.3. The van der Waals surface area contributed by atoms with Gasteiger partial charge in [-0.15, -0.1) is 0 Å². The lowest BCUT2D eigenvalue weighted by molar-refractivity contribution is 0.608. The summed E-state index contributed by atoms with van der Waals surface area (Å²) in [5.74, 6) is 0. The molecule has 0 fully saturated rings. The van der Waals surface area contributed by atoms with Crippen LogP contribution in [0.15, 0.2) is 29.2 Å². The SMILES string of the molecule is CCc1nn(-c2ccccc2Cl)c(Cl)c1S(=O)(=O)Cl. The molecule has 0 aliphatic carbocycles. The molecule has 0 saturated heterocycles. The second-order valence-corrected chi connectivity index (χ2v) is 6.99. The summed E-state index contributed by atoms with van der Waals surface area (Å²) < 4.78 is 24.4. The number of halogens is 3. The second kappa shape index (κ2) is 5.32. The lowest BCUT2D eigenvalue weighted by Gasteiger charge is -2.04. The second-order valence-electron chi connectivity index (χ2n) is 3.72. The molecule has 0 atom stereocenters. The molecule has 1 aromatic carbocycles. The number of aryl methyl sites for hydroxylation is 1. The first-order valence-corrected chi connectivity index (χ1v) is 8.39. The van der Waals surface area contributed by atoms with E-state index in [9.17, 15) is 8.42 Å². The predicted octanol–water partition coefficient (Wildman–Crippen LogP) is 3.67. The minimum absolute atomic E-state index is 0.0695. The third kappa shape index (κ3) is 2.74. The summed E-state index contributed by atoms with van der Waals surface area (Å²) in [5.41, 5.74) is 0.801. The molecule has 0 bridgehead atoms. The van der Waals surface area contributed by atoms with Crippen molar-refractivity contribution in [3.8, 4) is 5.69 Å². The van der Waals surface area contributed by atoms with E-state index in [-0.39, 0.29) is 10.0 Å². The Kier molecular flexibility index (Phi) is 4.11. The van der Waals surface area contributed by atoms with Crippen LogP contribution in [0.4, 0.5) is 0 Å². The minimum Gasteiger partial charge on any atom is -0.219 e. The van der Waals surface area contributed by atoms with Gasteiger partial charge >= 0.3 is 0 Å². The molecule has 2 aromatic rings. The van der Waals surface area contributed by atoms with E-state index in [0.717, 1.165) is 0 Å². The van der Waals surface area contributed by atoms with Gasteiger partial charge in [-0.05, 0) is 18.6 Å². The molecule has 0 N–H and O–H groups in total. The van der Waals surface area contributed by atoms with E-state index in [1.165, 1.54) is 4.68 Å². The Balaban J connectivity index is 2.75. The van der Waals surface area contributed by atoms with Crippen molar-refractivity contribution in [1.29, 1.82) is 0 Å². The highest BCUT2D eigenvalue weighted by atomic mass is 35.7. The van der Waals surface area contributed by atoms with Gasteiger partial charge in [0.15, 0.2) is 5.15 Å². The zero-order chi connectivity index (χ0) is 14.2. The molecule has 0 spiro atoms. The molecule has 1 heterocycles. The Morgan fingerprint density at radius 2 is 1.89 bits per heavy atom. The van der Waals surface area contributed by atoms with Gasteiger partial charge in [-0.25, -0.2) is 13.1 Å². The van der Waals surface area contributed by atoms with Crippen LogP contribution < -0.4 is 0 Å². The van der Waals surface area contributed by atoms with Crippen LogP contribution in [-0.2, 0) is 15.5 Å². The summed E-state index contributed by atoms with van der Waals surface area (Å²) in [6, 6.07) is 6.85. The molecule has 4 nitrogen and oxygen atoms in total. The number of nitrogens with zero attached hydrogens (tertiary/aromatic N) is 2. The number of aromatic nitrogens is 2. The molecule has 2 rings (SSSR count). The molecular weight excluding hydrogens is 331 g/mol. The molecular formula is C11H9Cl3N2O2S. The van der Waals surface area contributed by atoms with Crippen molar-refractivity contribution in [2.24, 2.45) is 0 Å². The van der Waals surface area contributed by atoms with Crippen molar-refractivity contribution in [3.63, 3.8) is 0 Å². The zero-order valence-electron chi connectivity index (χ0n) is 9.77. The third-order valence-electron chi connectivity index (χ3n) is 2.52. The van der Waals surface area contributed by atoms with E-state index < -0.39 is 9.05 Å². The maximum atomic E-state index is 11.6. The van der Waals surface area contributed by atoms with Crippen LogP contribution in [0.5, 0.6) is 0 Å². The first-order chi connectivity index (χ1) is 8.86. The predicted molar refractivity (Wildman–Crippen MR) is 76.0 cm³/mol. The standard InChI is InChI=1S/C11H9Cl3N2O2S/c1-2-8-10(19(14,17)18)11(13)16(15-8)9-6-4-3-5-7(9)12/h3-6H,2H2,1H3. The number of para-hydroxylation sites is 1. The quantitative estimate of drug-likeness (QED) is 0.802. The van der Waals surface area contributed by atoms with Gasteiger partial charge in [-0.2, -0.15) is 5.10 Å². The minimum atomic E-state index is -3.96. The fourth-order valence-corrected chi connectivity index (χ4v) is 3.80. The fourth-order valence-electron chi connectivity index (χ4n) is 1.68. The lowest BCUT2D eigenvalue weighted by Crippen LogP contribution is -1.98. The van der Waals surface area contributed by atoms with Crippen LogP contribution in [0.1, 0.15) is 12.6 Å². The van der Waals surface area contributed by atoms with Gasteiger partial charge in [0.1, 0.15) is 4.90 Å². The first-order valence-electron chi connectivity index (χ1n) is 5.33. The molecule has 0 saturated carbocycles. The highest BCUT2D eigenvalue weighted by Gasteiger charge is 2.26. The highest BCUT2D eigenvalue weighted by molar-refractivity contribution is 8.13. The number of rotatable bonds is 3. The summed E-state index contributed by atoms with van der Waals surface area (Å²) in [6.07, 6.45) is 0.387. The van der Waals surface area contributed by atoms with Crippen molar-refractivity contribution >= 4 is 42.9 Å². The van der Waals surface area contributed by atoms with E-state index in [1.807, 2.05) is 0 Å². The molecule has 0 aliphatic rings. The van der Waals surface area contributed by atoms with Crippen molar-refractivity contribution in [2.75, 3.05) is 0 Å². The zero-order valence-corrected chi connectivity index (χ0v) is 12.9. The van der Waals surface area contributed by atoms with Crippen LogP contribution >= 0.6 is 33.9 Å². The Morgan fingerprint density at radius 1 is 1.26 bits per heavy atom. The van der Waals surface area contributed by atoms with Crippen LogP contribution in [0.3, 0.4) is 0 Å². The van der Waals surface area contributed by atoms with Gasteiger partial charge in [0.2, 0.25) is 0 Å². The number of hydrogen-bond donors (Lipinski definition) is 0. The molecule has 102 valence electrons. The summed E-state index contributed by atoms with van der Waals surface area (Å²) in [4.78, 5) is -0.168. The van der Waals surface area contributed by atoms with Crippen LogP contribution in [0.2, 0.25) is 10.2 Å². The number of benzene rings is 1. The Bertz CT molecular complexity index is 726. The van der Waals surface area contributed by atoms with Crippen LogP contribution in [0.25, 0.3) is 5.69 Å². The van der Waals surface area contributed by atoms with Crippen LogP contribution in [-0.4, -0.2) is 18.2 Å². The highest BCUT2D eigenvalue weighted by Crippen LogP contribution is 2.32. The Morgan fingerprint density at radius 3 is 2.37 bits per heavy atom. The monoisotopic (exact) mass is 338 g/mol. The van der Waals surface area contributed by atoms with Gasteiger partial charge in [0.05, 0.1) is 16.4 Å². The summed E-state index contributed by atoms with van der Waals surface area (Å²) in [5, 5.41) is 4.50. The van der Waals surface area contributed by atoms with Gasteiger partial charge in [-0.1, -0.05) is 42.3 Å². The molecule has 19 heavy (non-hydrogen) atoms. The summed E-state index contributed by atoms with van der Waals surface area (Å²) in [6.45, 7) is 1.77. The Labute approximate surface area is 125 Å². The summed E-state index contributed by atoms with van der Waals surface area (Å²) >= 11 is 12.1. The normalized spacial score (nSPS) is 11.8. The Hall–Kier alpha value is -0.750. The molecule has 0 amide bonds. The van der Waals surface area contributed by atoms with Crippen molar-refractivity contribution in [3.05, 3.63) is 40.1 Å². The van der Waals surface area contributed by atoms with E-state index in [0.29, 0.717) is 22.8 Å². The smallest absolute Gasteiger partial charge is 0.219 e.